The Hall–Kier alpha value is -1.05. The zero-order valence-corrected chi connectivity index (χ0v) is 12.7. The Morgan fingerprint density at radius 1 is 1.37 bits per heavy atom. The third kappa shape index (κ3) is 3.95. The summed E-state index contributed by atoms with van der Waals surface area (Å²) < 4.78 is 1.01. The molecule has 0 saturated heterocycles. The van der Waals surface area contributed by atoms with Gasteiger partial charge in [0.25, 0.3) is 0 Å². The van der Waals surface area contributed by atoms with Crippen LogP contribution >= 0.6 is 15.9 Å². The van der Waals surface area contributed by atoms with E-state index in [1.165, 1.54) is 0 Å². The number of anilines is 1. The summed E-state index contributed by atoms with van der Waals surface area (Å²) in [6.45, 7) is -0.0252. The highest BCUT2D eigenvalue weighted by Gasteiger charge is 2.23. The Kier molecular flexibility index (Phi) is 5.24. The van der Waals surface area contributed by atoms with Gasteiger partial charge < -0.3 is 10.0 Å². The molecule has 0 spiro atoms. The van der Waals surface area contributed by atoms with Gasteiger partial charge in [0.1, 0.15) is 12.4 Å². The van der Waals surface area contributed by atoms with Gasteiger partial charge in [-0.15, -0.1) is 0 Å². The van der Waals surface area contributed by atoms with Crippen LogP contribution in [0, 0.1) is 17.8 Å². The summed E-state index contributed by atoms with van der Waals surface area (Å²) in [5, 5.41) is 8.71. The standard InChI is InChI=1S/C15H19BrN2O/c1-18(15-9-6-13(16)11-17-15)14-7-4-12(5-8-14)3-2-10-19/h6,9,11-12,14,19H,4-5,7-8,10H2,1H3/t12-,14-. The summed E-state index contributed by atoms with van der Waals surface area (Å²) in [5.41, 5.74) is 0. The normalized spacial score (nSPS) is 22.5. The molecule has 1 aromatic rings. The Labute approximate surface area is 123 Å². The van der Waals surface area contributed by atoms with Crippen molar-refractivity contribution in [2.24, 2.45) is 5.92 Å². The smallest absolute Gasteiger partial charge is 0.128 e. The number of aliphatic hydroxyl groups excluding tert-OH is 1. The molecule has 2 rings (SSSR count). The fraction of sp³-hybridized carbons (Fsp3) is 0.533. The summed E-state index contributed by atoms with van der Waals surface area (Å²) in [6, 6.07) is 4.61. The molecule has 1 N–H and O–H groups in total. The summed E-state index contributed by atoms with van der Waals surface area (Å²) in [5.74, 6) is 7.39. The lowest BCUT2D eigenvalue weighted by Gasteiger charge is -2.34. The molecule has 1 aliphatic rings. The molecule has 0 aromatic carbocycles. The largest absolute Gasteiger partial charge is 0.384 e. The second-order valence-electron chi connectivity index (χ2n) is 4.93. The number of hydrogen-bond donors (Lipinski definition) is 1. The number of pyridine rings is 1. The van der Waals surface area contributed by atoms with Crippen LogP contribution in [0.25, 0.3) is 0 Å². The van der Waals surface area contributed by atoms with Crippen LogP contribution < -0.4 is 4.90 Å². The zero-order valence-electron chi connectivity index (χ0n) is 11.1. The molecule has 1 aliphatic carbocycles. The third-order valence-corrected chi connectivity index (χ3v) is 4.17. The van der Waals surface area contributed by atoms with Gasteiger partial charge in [-0.1, -0.05) is 11.8 Å². The molecular weight excluding hydrogens is 304 g/mol. The van der Waals surface area contributed by atoms with E-state index in [4.69, 9.17) is 5.11 Å². The van der Waals surface area contributed by atoms with E-state index in [2.05, 4.69) is 44.7 Å². The number of nitrogens with zero attached hydrogens (tertiary/aromatic N) is 2. The fourth-order valence-electron chi connectivity index (χ4n) is 2.56. The predicted molar refractivity (Wildman–Crippen MR) is 80.9 cm³/mol. The molecule has 0 radical (unpaired) electrons. The number of aromatic nitrogens is 1. The van der Waals surface area contributed by atoms with E-state index in [-0.39, 0.29) is 6.61 Å². The summed E-state index contributed by atoms with van der Waals surface area (Å²) in [6.07, 6.45) is 6.33. The van der Waals surface area contributed by atoms with Gasteiger partial charge in [-0.25, -0.2) is 4.98 Å². The highest BCUT2D eigenvalue weighted by Crippen LogP contribution is 2.28. The maximum atomic E-state index is 8.71. The van der Waals surface area contributed by atoms with Gasteiger partial charge >= 0.3 is 0 Å². The van der Waals surface area contributed by atoms with E-state index in [1.807, 2.05) is 18.3 Å². The first-order valence-electron chi connectivity index (χ1n) is 6.64. The van der Waals surface area contributed by atoms with Crippen LogP contribution in [0.5, 0.6) is 0 Å². The second-order valence-corrected chi connectivity index (χ2v) is 5.85. The van der Waals surface area contributed by atoms with Crippen LogP contribution in [0.15, 0.2) is 22.8 Å². The number of halogens is 1. The van der Waals surface area contributed by atoms with Crippen LogP contribution in [0.4, 0.5) is 5.82 Å². The highest BCUT2D eigenvalue weighted by molar-refractivity contribution is 9.10. The molecule has 0 atom stereocenters. The minimum Gasteiger partial charge on any atom is -0.384 e. The van der Waals surface area contributed by atoms with E-state index >= 15 is 0 Å². The Morgan fingerprint density at radius 3 is 2.68 bits per heavy atom. The van der Waals surface area contributed by atoms with E-state index in [0.29, 0.717) is 12.0 Å². The average Bonchev–Trinajstić information content (AvgIpc) is 2.46. The van der Waals surface area contributed by atoms with Crippen molar-refractivity contribution < 1.29 is 5.11 Å². The molecule has 0 aliphatic heterocycles. The van der Waals surface area contributed by atoms with Gasteiger partial charge in [0.2, 0.25) is 0 Å². The van der Waals surface area contributed by atoms with Gasteiger partial charge in [-0.3, -0.25) is 0 Å². The van der Waals surface area contributed by atoms with Crippen LogP contribution in [0.1, 0.15) is 25.7 Å². The molecule has 1 aromatic heterocycles. The van der Waals surface area contributed by atoms with Gasteiger partial charge in [-0.2, -0.15) is 0 Å². The second kappa shape index (κ2) is 6.93. The topological polar surface area (TPSA) is 36.4 Å². The molecule has 4 heteroatoms. The highest BCUT2D eigenvalue weighted by atomic mass is 79.9. The van der Waals surface area contributed by atoms with Crippen LogP contribution in [0.2, 0.25) is 0 Å². The average molecular weight is 323 g/mol. The van der Waals surface area contributed by atoms with Crippen molar-refractivity contribution >= 4 is 21.7 Å². The maximum absolute atomic E-state index is 8.71. The van der Waals surface area contributed by atoms with Crippen LogP contribution in [-0.4, -0.2) is 29.8 Å². The third-order valence-electron chi connectivity index (χ3n) is 3.70. The summed E-state index contributed by atoms with van der Waals surface area (Å²) >= 11 is 3.41. The Balaban J connectivity index is 1.92. The lowest BCUT2D eigenvalue weighted by Crippen LogP contribution is -2.35. The predicted octanol–water partition coefficient (Wildman–Crippen LogP) is 2.83. The Morgan fingerprint density at radius 2 is 2.11 bits per heavy atom. The lowest BCUT2D eigenvalue weighted by molar-refractivity contribution is 0.348. The minimum absolute atomic E-state index is 0.0252. The Bertz CT molecular complexity index is 455. The van der Waals surface area contributed by atoms with Crippen molar-refractivity contribution in [1.29, 1.82) is 0 Å². The molecule has 0 amide bonds. The molecular formula is C15H19BrN2O. The van der Waals surface area contributed by atoms with Crippen molar-refractivity contribution in [2.45, 2.75) is 31.7 Å². The van der Waals surface area contributed by atoms with E-state index in [1.54, 1.807) is 0 Å². The van der Waals surface area contributed by atoms with Gasteiger partial charge in [0, 0.05) is 29.7 Å². The summed E-state index contributed by atoms with van der Waals surface area (Å²) in [4.78, 5) is 6.71. The molecule has 102 valence electrons. The van der Waals surface area contributed by atoms with Gasteiger partial charge in [-0.05, 0) is 53.7 Å². The van der Waals surface area contributed by atoms with Crippen molar-refractivity contribution in [1.82, 2.24) is 4.98 Å². The zero-order chi connectivity index (χ0) is 13.7. The molecule has 0 unspecified atom stereocenters. The van der Waals surface area contributed by atoms with Gasteiger partial charge in [0.05, 0.1) is 0 Å². The fourth-order valence-corrected chi connectivity index (χ4v) is 2.80. The number of aliphatic hydroxyl groups is 1. The molecule has 19 heavy (non-hydrogen) atoms. The number of rotatable bonds is 2. The van der Waals surface area contributed by atoms with Crippen molar-refractivity contribution in [3.63, 3.8) is 0 Å². The van der Waals surface area contributed by atoms with E-state index in [9.17, 15) is 0 Å². The maximum Gasteiger partial charge on any atom is 0.128 e. The first-order chi connectivity index (χ1) is 9.20. The van der Waals surface area contributed by atoms with Crippen molar-refractivity contribution in [3.05, 3.63) is 22.8 Å². The SMILES string of the molecule is CN(c1ccc(Br)cn1)[C@H]1CC[C@H](C#CCO)CC1. The monoisotopic (exact) mass is 322 g/mol. The molecule has 3 nitrogen and oxygen atoms in total. The lowest BCUT2D eigenvalue weighted by atomic mass is 9.86. The molecule has 1 fully saturated rings. The van der Waals surface area contributed by atoms with E-state index in [0.717, 1.165) is 36.0 Å². The van der Waals surface area contributed by atoms with Crippen molar-refractivity contribution in [3.8, 4) is 11.8 Å². The minimum atomic E-state index is -0.0252. The molecule has 1 heterocycles. The first-order valence-corrected chi connectivity index (χ1v) is 7.43. The first kappa shape index (κ1) is 14.4. The summed E-state index contributed by atoms with van der Waals surface area (Å²) in [7, 11) is 2.11. The van der Waals surface area contributed by atoms with Crippen LogP contribution in [-0.2, 0) is 0 Å². The van der Waals surface area contributed by atoms with Crippen LogP contribution in [0.3, 0.4) is 0 Å². The van der Waals surface area contributed by atoms with Gasteiger partial charge in [0.15, 0.2) is 0 Å². The molecule has 0 bridgehead atoms. The number of hydrogen-bond acceptors (Lipinski definition) is 3. The van der Waals surface area contributed by atoms with Crippen molar-refractivity contribution in [2.75, 3.05) is 18.6 Å². The molecule has 1 saturated carbocycles. The van der Waals surface area contributed by atoms with E-state index < -0.39 is 0 Å². The quantitative estimate of drug-likeness (QED) is 0.850.